The van der Waals surface area contributed by atoms with Crippen LogP contribution in [0.25, 0.3) is 6.08 Å². The monoisotopic (exact) mass is 454 g/mol. The zero-order chi connectivity index (χ0) is 22.0. The number of benzene rings is 3. The Kier molecular flexibility index (Phi) is 5.98. The Morgan fingerprint density at radius 2 is 1.74 bits per heavy atom. The maximum absolute atomic E-state index is 12.7. The molecule has 5 nitrogen and oxygen atoms in total. The van der Waals surface area contributed by atoms with E-state index in [1.165, 1.54) is 7.11 Å². The quantitative estimate of drug-likeness (QED) is 0.350. The molecule has 4 rings (SSSR count). The van der Waals surface area contributed by atoms with E-state index in [1.807, 2.05) is 0 Å². The van der Waals surface area contributed by atoms with Crippen LogP contribution in [0.4, 0.5) is 0 Å². The molecule has 156 valence electrons. The molecule has 0 unspecified atom stereocenters. The lowest BCUT2D eigenvalue weighted by Crippen LogP contribution is -2.01. The molecule has 1 aliphatic heterocycles. The van der Waals surface area contributed by atoms with Gasteiger partial charge in [-0.1, -0.05) is 41.4 Å². The number of ether oxygens (including phenoxy) is 3. The standard InChI is InChI=1S/C24H16Cl2O5/c1-29-24(28)15-7-5-14(6-8-15)11-22-23(27)17-10-9-16(12-21(17)31-22)30-13-18-19(25)3-2-4-20(18)26/h2-12H,13H2,1H3/b22-11-. The van der Waals surface area contributed by atoms with Gasteiger partial charge in [0.15, 0.2) is 5.76 Å². The first-order valence-corrected chi connectivity index (χ1v) is 10.0. The summed E-state index contributed by atoms with van der Waals surface area (Å²) in [6, 6.07) is 16.9. The average Bonchev–Trinajstić information content (AvgIpc) is 3.08. The van der Waals surface area contributed by atoms with Crippen LogP contribution in [0, 0.1) is 0 Å². The van der Waals surface area contributed by atoms with Crippen molar-refractivity contribution in [3.63, 3.8) is 0 Å². The molecule has 0 N–H and O–H groups in total. The van der Waals surface area contributed by atoms with Crippen LogP contribution in [0.5, 0.6) is 11.5 Å². The van der Waals surface area contributed by atoms with Crippen molar-refractivity contribution in [1.82, 2.24) is 0 Å². The van der Waals surface area contributed by atoms with E-state index in [4.69, 9.17) is 32.7 Å². The Morgan fingerprint density at radius 1 is 1.03 bits per heavy atom. The Balaban J connectivity index is 1.50. The van der Waals surface area contributed by atoms with Crippen LogP contribution in [0.15, 0.2) is 66.4 Å². The van der Waals surface area contributed by atoms with Crippen LogP contribution in [0.1, 0.15) is 31.8 Å². The van der Waals surface area contributed by atoms with Gasteiger partial charge < -0.3 is 14.2 Å². The summed E-state index contributed by atoms with van der Waals surface area (Å²) >= 11 is 12.3. The molecule has 0 aromatic heterocycles. The van der Waals surface area contributed by atoms with Crippen molar-refractivity contribution < 1.29 is 23.8 Å². The normalized spacial score (nSPS) is 13.6. The summed E-state index contributed by atoms with van der Waals surface area (Å²) < 4.78 is 16.2. The summed E-state index contributed by atoms with van der Waals surface area (Å²) in [5.41, 5.74) is 2.26. The number of methoxy groups -OCH3 is 1. The number of hydrogen-bond acceptors (Lipinski definition) is 5. The van der Waals surface area contributed by atoms with Gasteiger partial charge >= 0.3 is 5.97 Å². The molecule has 31 heavy (non-hydrogen) atoms. The van der Waals surface area contributed by atoms with E-state index in [2.05, 4.69) is 4.74 Å². The number of hydrogen-bond donors (Lipinski definition) is 0. The van der Waals surface area contributed by atoms with Crippen molar-refractivity contribution >= 4 is 41.0 Å². The predicted molar refractivity (Wildman–Crippen MR) is 118 cm³/mol. The number of halogens is 2. The molecule has 0 saturated heterocycles. The van der Waals surface area contributed by atoms with Crippen molar-refractivity contribution in [2.24, 2.45) is 0 Å². The van der Waals surface area contributed by atoms with E-state index in [1.54, 1.807) is 66.7 Å². The van der Waals surface area contributed by atoms with Crippen LogP contribution in [0.3, 0.4) is 0 Å². The number of fused-ring (bicyclic) bond motifs is 1. The summed E-state index contributed by atoms with van der Waals surface area (Å²) in [6.45, 7) is 0.181. The molecule has 0 atom stereocenters. The second-order valence-corrected chi connectivity index (χ2v) is 7.51. The minimum Gasteiger partial charge on any atom is -0.489 e. The van der Waals surface area contributed by atoms with Gasteiger partial charge in [0.25, 0.3) is 0 Å². The molecule has 0 radical (unpaired) electrons. The van der Waals surface area contributed by atoms with E-state index in [-0.39, 0.29) is 18.1 Å². The Hall–Kier alpha value is -3.28. The van der Waals surface area contributed by atoms with Crippen LogP contribution in [0.2, 0.25) is 10.0 Å². The van der Waals surface area contributed by atoms with E-state index in [0.717, 1.165) is 0 Å². The van der Waals surface area contributed by atoms with E-state index in [9.17, 15) is 9.59 Å². The minimum absolute atomic E-state index is 0.181. The van der Waals surface area contributed by atoms with Crippen LogP contribution >= 0.6 is 23.2 Å². The summed E-state index contributed by atoms with van der Waals surface area (Å²) in [4.78, 5) is 24.2. The lowest BCUT2D eigenvalue weighted by molar-refractivity contribution is 0.0600. The Bertz CT molecular complexity index is 1180. The fraction of sp³-hybridized carbons (Fsp3) is 0.0833. The van der Waals surface area contributed by atoms with Crippen molar-refractivity contribution in [3.05, 3.63) is 98.7 Å². The smallest absolute Gasteiger partial charge is 0.337 e. The molecule has 0 spiro atoms. The number of allylic oxidation sites excluding steroid dienone is 1. The maximum Gasteiger partial charge on any atom is 0.337 e. The zero-order valence-electron chi connectivity index (χ0n) is 16.4. The second-order valence-electron chi connectivity index (χ2n) is 6.70. The second kappa shape index (κ2) is 8.84. The van der Waals surface area contributed by atoms with Crippen molar-refractivity contribution in [3.8, 4) is 11.5 Å². The third-order valence-electron chi connectivity index (χ3n) is 4.72. The van der Waals surface area contributed by atoms with Crippen LogP contribution in [-0.4, -0.2) is 18.9 Å². The average molecular weight is 455 g/mol. The highest BCUT2D eigenvalue weighted by atomic mass is 35.5. The number of Topliss-reactive ketones (excluding diaryl/α,β-unsaturated/α-hetero) is 1. The van der Waals surface area contributed by atoms with Gasteiger partial charge in [0.1, 0.15) is 18.1 Å². The maximum atomic E-state index is 12.7. The minimum atomic E-state index is -0.426. The molecule has 0 bridgehead atoms. The molecular formula is C24H16Cl2O5. The predicted octanol–water partition coefficient (Wildman–Crippen LogP) is 5.98. The van der Waals surface area contributed by atoms with Gasteiger partial charge in [-0.25, -0.2) is 4.79 Å². The highest BCUT2D eigenvalue weighted by Gasteiger charge is 2.27. The fourth-order valence-electron chi connectivity index (χ4n) is 3.07. The van der Waals surface area contributed by atoms with Crippen molar-refractivity contribution in [1.29, 1.82) is 0 Å². The Labute approximate surface area is 188 Å². The van der Waals surface area contributed by atoms with Gasteiger partial charge in [-0.3, -0.25) is 4.79 Å². The van der Waals surface area contributed by atoms with Gasteiger partial charge in [-0.05, 0) is 48.0 Å². The van der Waals surface area contributed by atoms with Gasteiger partial charge in [0.05, 0.1) is 18.2 Å². The van der Waals surface area contributed by atoms with Crippen LogP contribution < -0.4 is 9.47 Å². The highest BCUT2D eigenvalue weighted by molar-refractivity contribution is 6.35. The number of esters is 1. The Morgan fingerprint density at radius 3 is 2.42 bits per heavy atom. The van der Waals surface area contributed by atoms with Gasteiger partial charge in [-0.2, -0.15) is 0 Å². The topological polar surface area (TPSA) is 61.8 Å². The molecule has 3 aromatic carbocycles. The number of ketones is 1. The van der Waals surface area contributed by atoms with E-state index in [0.29, 0.717) is 43.8 Å². The largest absolute Gasteiger partial charge is 0.489 e. The van der Waals surface area contributed by atoms with Crippen molar-refractivity contribution in [2.75, 3.05) is 7.11 Å². The van der Waals surface area contributed by atoms with E-state index >= 15 is 0 Å². The molecule has 0 fully saturated rings. The lowest BCUT2D eigenvalue weighted by Gasteiger charge is -2.10. The summed E-state index contributed by atoms with van der Waals surface area (Å²) in [5, 5.41) is 1.03. The SMILES string of the molecule is COC(=O)c1ccc(/C=C2\Oc3cc(OCc4c(Cl)cccc4Cl)ccc3C2=O)cc1. The molecule has 0 aliphatic carbocycles. The first kappa shape index (κ1) is 21.0. The summed E-state index contributed by atoms with van der Waals surface area (Å²) in [5.74, 6) is 0.460. The van der Waals surface area contributed by atoms with Crippen LogP contribution in [-0.2, 0) is 11.3 Å². The lowest BCUT2D eigenvalue weighted by atomic mass is 10.1. The van der Waals surface area contributed by atoms with Gasteiger partial charge in [0, 0.05) is 21.7 Å². The molecule has 1 heterocycles. The first-order chi connectivity index (χ1) is 15.0. The fourth-order valence-corrected chi connectivity index (χ4v) is 3.57. The molecule has 7 heteroatoms. The molecule has 3 aromatic rings. The first-order valence-electron chi connectivity index (χ1n) is 9.28. The van der Waals surface area contributed by atoms with Gasteiger partial charge in [0.2, 0.25) is 5.78 Å². The molecule has 0 amide bonds. The third-order valence-corrected chi connectivity index (χ3v) is 5.42. The van der Waals surface area contributed by atoms with Crippen molar-refractivity contribution in [2.45, 2.75) is 6.61 Å². The molecule has 0 saturated carbocycles. The zero-order valence-corrected chi connectivity index (χ0v) is 17.9. The summed E-state index contributed by atoms with van der Waals surface area (Å²) in [6.07, 6.45) is 1.62. The number of carbonyl (C=O) groups is 2. The number of rotatable bonds is 5. The van der Waals surface area contributed by atoms with Gasteiger partial charge in [-0.15, -0.1) is 0 Å². The molecule has 1 aliphatic rings. The molecular weight excluding hydrogens is 439 g/mol. The third kappa shape index (κ3) is 4.43. The highest BCUT2D eigenvalue weighted by Crippen LogP contribution is 2.35. The number of carbonyl (C=O) groups excluding carboxylic acids is 2. The summed E-state index contributed by atoms with van der Waals surface area (Å²) in [7, 11) is 1.32. The van der Waals surface area contributed by atoms with E-state index < -0.39 is 5.97 Å².